The number of rotatable bonds is 4. The molecule has 1 aromatic carbocycles. The van der Waals surface area contributed by atoms with Gasteiger partial charge in [0.15, 0.2) is 0 Å². The van der Waals surface area contributed by atoms with Crippen molar-refractivity contribution in [2.45, 2.75) is 23.2 Å². The first-order valence-corrected chi connectivity index (χ1v) is 7.21. The fourth-order valence-corrected chi connectivity index (χ4v) is 2.61. The average Bonchev–Trinajstić information content (AvgIpc) is 2.96. The Morgan fingerprint density at radius 3 is 2.76 bits per heavy atom. The molecular formula is C14H13N5OS. The van der Waals surface area contributed by atoms with Crippen molar-refractivity contribution in [2.24, 2.45) is 0 Å². The average molecular weight is 299 g/mol. The molecule has 0 saturated heterocycles. The van der Waals surface area contributed by atoms with Gasteiger partial charge in [0, 0.05) is 6.20 Å². The zero-order valence-electron chi connectivity index (χ0n) is 11.3. The van der Waals surface area contributed by atoms with Gasteiger partial charge < -0.3 is 5.11 Å². The normalized spacial score (nSPS) is 12.3. The van der Waals surface area contributed by atoms with Gasteiger partial charge in [0.1, 0.15) is 5.03 Å². The van der Waals surface area contributed by atoms with E-state index in [1.165, 1.54) is 11.8 Å². The van der Waals surface area contributed by atoms with Crippen molar-refractivity contribution in [3.8, 4) is 5.69 Å². The number of aromatic nitrogens is 5. The van der Waals surface area contributed by atoms with Crippen LogP contribution < -0.4 is 0 Å². The topological polar surface area (TPSA) is 76.7 Å². The Morgan fingerprint density at radius 2 is 2.00 bits per heavy atom. The van der Waals surface area contributed by atoms with Crippen molar-refractivity contribution in [3.63, 3.8) is 0 Å². The predicted octanol–water partition coefficient (Wildman–Crippen LogP) is 2.26. The highest BCUT2D eigenvalue weighted by molar-refractivity contribution is 7.99. The van der Waals surface area contributed by atoms with E-state index in [-0.39, 0.29) is 0 Å². The second kappa shape index (κ2) is 6.02. The summed E-state index contributed by atoms with van der Waals surface area (Å²) in [6.07, 6.45) is 1.14. The largest absolute Gasteiger partial charge is 0.389 e. The first-order chi connectivity index (χ1) is 10.2. The molecule has 1 N–H and O–H groups in total. The third-order valence-electron chi connectivity index (χ3n) is 2.88. The van der Waals surface area contributed by atoms with Gasteiger partial charge in [0.25, 0.3) is 0 Å². The van der Waals surface area contributed by atoms with Crippen molar-refractivity contribution in [2.75, 3.05) is 0 Å². The van der Waals surface area contributed by atoms with Gasteiger partial charge in [-0.1, -0.05) is 18.2 Å². The van der Waals surface area contributed by atoms with Crippen molar-refractivity contribution in [1.29, 1.82) is 0 Å². The number of aliphatic hydroxyl groups excluding tert-OH is 1. The van der Waals surface area contributed by atoms with Crippen molar-refractivity contribution >= 4 is 11.8 Å². The first-order valence-electron chi connectivity index (χ1n) is 6.40. The molecule has 0 aliphatic carbocycles. The van der Waals surface area contributed by atoms with Gasteiger partial charge in [-0.15, -0.1) is 5.10 Å². The summed E-state index contributed by atoms with van der Waals surface area (Å²) >= 11 is 1.35. The van der Waals surface area contributed by atoms with Gasteiger partial charge in [-0.3, -0.25) is 0 Å². The zero-order chi connectivity index (χ0) is 14.7. The molecule has 3 rings (SSSR count). The minimum Gasteiger partial charge on any atom is -0.389 e. The Morgan fingerprint density at radius 1 is 1.19 bits per heavy atom. The van der Waals surface area contributed by atoms with Crippen LogP contribution in [0, 0.1) is 0 Å². The molecule has 2 aromatic heterocycles. The molecule has 0 radical (unpaired) electrons. The quantitative estimate of drug-likeness (QED) is 0.796. The minimum absolute atomic E-state index is 0.530. The molecule has 3 aromatic rings. The van der Waals surface area contributed by atoms with E-state index in [1.54, 1.807) is 23.9 Å². The van der Waals surface area contributed by atoms with Gasteiger partial charge in [-0.05, 0) is 58.9 Å². The van der Waals surface area contributed by atoms with Crippen LogP contribution >= 0.6 is 11.8 Å². The maximum Gasteiger partial charge on any atom is 0.220 e. The molecule has 1 atom stereocenters. The van der Waals surface area contributed by atoms with Gasteiger partial charge in [-0.25, -0.2) is 4.98 Å². The molecule has 106 valence electrons. The van der Waals surface area contributed by atoms with Crippen LogP contribution in [0.3, 0.4) is 0 Å². The molecule has 0 spiro atoms. The molecule has 7 heteroatoms. The molecular weight excluding hydrogens is 286 g/mol. The molecule has 2 heterocycles. The summed E-state index contributed by atoms with van der Waals surface area (Å²) in [6, 6.07) is 13.3. The maximum atomic E-state index is 9.62. The number of benzene rings is 1. The molecule has 0 amide bonds. The van der Waals surface area contributed by atoms with E-state index in [0.29, 0.717) is 5.16 Å². The highest BCUT2D eigenvalue weighted by Crippen LogP contribution is 2.26. The molecule has 0 aliphatic rings. The monoisotopic (exact) mass is 299 g/mol. The van der Waals surface area contributed by atoms with Crippen LogP contribution in [0.1, 0.15) is 18.6 Å². The van der Waals surface area contributed by atoms with Crippen LogP contribution in [0.5, 0.6) is 0 Å². The van der Waals surface area contributed by atoms with Crippen LogP contribution in [0.2, 0.25) is 0 Å². The summed E-state index contributed by atoms with van der Waals surface area (Å²) in [4.78, 5) is 4.27. The Kier molecular flexibility index (Phi) is 3.94. The summed E-state index contributed by atoms with van der Waals surface area (Å²) in [6.45, 7) is 1.72. The summed E-state index contributed by atoms with van der Waals surface area (Å²) in [5, 5.41) is 22.7. The van der Waals surface area contributed by atoms with Gasteiger partial charge in [0.05, 0.1) is 11.8 Å². The highest BCUT2D eigenvalue weighted by Gasteiger charge is 2.11. The van der Waals surface area contributed by atoms with E-state index in [4.69, 9.17) is 0 Å². The van der Waals surface area contributed by atoms with Gasteiger partial charge in [0.2, 0.25) is 5.16 Å². The second-order valence-corrected chi connectivity index (χ2v) is 5.40. The van der Waals surface area contributed by atoms with E-state index < -0.39 is 6.10 Å². The van der Waals surface area contributed by atoms with E-state index in [1.807, 2.05) is 36.4 Å². The third kappa shape index (κ3) is 3.09. The summed E-state index contributed by atoms with van der Waals surface area (Å²) in [7, 11) is 0. The molecule has 0 bridgehead atoms. The van der Waals surface area contributed by atoms with E-state index in [9.17, 15) is 5.11 Å². The second-order valence-electron chi connectivity index (χ2n) is 4.41. The molecule has 0 fully saturated rings. The zero-order valence-corrected chi connectivity index (χ0v) is 12.1. The minimum atomic E-state index is -0.530. The molecule has 6 nitrogen and oxygen atoms in total. The van der Waals surface area contributed by atoms with Crippen LogP contribution in [-0.2, 0) is 0 Å². The lowest BCUT2D eigenvalue weighted by atomic mass is 10.2. The Balaban J connectivity index is 1.90. The summed E-state index contributed by atoms with van der Waals surface area (Å²) < 4.78 is 1.65. The lowest BCUT2D eigenvalue weighted by Crippen LogP contribution is -1.99. The molecule has 1 unspecified atom stereocenters. The van der Waals surface area contributed by atoms with Crippen molar-refractivity contribution in [3.05, 3.63) is 54.2 Å². The van der Waals surface area contributed by atoms with Gasteiger partial charge in [-0.2, -0.15) is 4.68 Å². The van der Waals surface area contributed by atoms with Crippen LogP contribution in [-0.4, -0.2) is 30.3 Å². The van der Waals surface area contributed by atoms with E-state index >= 15 is 0 Å². The first kappa shape index (κ1) is 13.7. The van der Waals surface area contributed by atoms with Crippen LogP contribution in [0.25, 0.3) is 5.69 Å². The van der Waals surface area contributed by atoms with Crippen LogP contribution in [0.15, 0.2) is 58.8 Å². The highest BCUT2D eigenvalue weighted by atomic mass is 32.2. The predicted molar refractivity (Wildman–Crippen MR) is 78.1 cm³/mol. The standard InChI is InChI=1S/C14H13N5OS/c1-10(20)11-7-8-15-13(9-11)21-14-16-17-18-19(14)12-5-3-2-4-6-12/h2-10,20H,1H3. The number of tetrazole rings is 1. The number of hydrogen-bond acceptors (Lipinski definition) is 6. The number of nitrogens with zero attached hydrogens (tertiary/aromatic N) is 5. The lowest BCUT2D eigenvalue weighted by molar-refractivity contribution is 0.199. The molecule has 0 saturated carbocycles. The Hall–Kier alpha value is -2.25. The van der Waals surface area contributed by atoms with E-state index in [2.05, 4.69) is 20.5 Å². The Labute approximate surface area is 125 Å². The third-order valence-corrected chi connectivity index (χ3v) is 3.75. The molecule has 0 aliphatic heterocycles. The SMILES string of the molecule is CC(O)c1ccnc(Sc2nnnn2-c2ccccc2)c1. The van der Waals surface area contributed by atoms with Crippen molar-refractivity contribution in [1.82, 2.24) is 25.2 Å². The summed E-state index contributed by atoms with van der Waals surface area (Å²) in [5.74, 6) is 0. The smallest absolute Gasteiger partial charge is 0.220 e. The van der Waals surface area contributed by atoms with Crippen LogP contribution in [0.4, 0.5) is 0 Å². The fraction of sp³-hybridized carbons (Fsp3) is 0.143. The van der Waals surface area contributed by atoms with E-state index in [0.717, 1.165) is 16.3 Å². The van der Waals surface area contributed by atoms with Crippen molar-refractivity contribution < 1.29 is 5.11 Å². The summed E-state index contributed by atoms with van der Waals surface area (Å²) in [5.41, 5.74) is 1.70. The number of para-hydroxylation sites is 1. The Bertz CT molecular complexity index is 729. The maximum absolute atomic E-state index is 9.62. The molecule has 21 heavy (non-hydrogen) atoms. The number of hydrogen-bond donors (Lipinski definition) is 1. The number of pyridine rings is 1. The lowest BCUT2D eigenvalue weighted by Gasteiger charge is -2.06. The van der Waals surface area contributed by atoms with Gasteiger partial charge >= 0.3 is 0 Å². The number of aliphatic hydroxyl groups is 1. The fourth-order valence-electron chi connectivity index (χ4n) is 1.81.